The Morgan fingerprint density at radius 2 is 1.88 bits per heavy atom. The van der Waals surface area contributed by atoms with Crippen molar-refractivity contribution in [3.8, 4) is 0 Å². The van der Waals surface area contributed by atoms with Gasteiger partial charge < -0.3 is 0 Å². The molecule has 0 fully saturated rings. The van der Waals surface area contributed by atoms with Crippen LogP contribution in [0.3, 0.4) is 0 Å². The summed E-state index contributed by atoms with van der Waals surface area (Å²) in [7, 11) is 0. The molecule has 0 heterocycles. The molecule has 0 aromatic carbocycles. The summed E-state index contributed by atoms with van der Waals surface area (Å²) in [5.41, 5.74) is 1.65. The fourth-order valence-corrected chi connectivity index (χ4v) is 1.28. The minimum Gasteiger partial charge on any atom is -0.300 e. The van der Waals surface area contributed by atoms with Crippen molar-refractivity contribution in [3.63, 3.8) is 0 Å². The van der Waals surface area contributed by atoms with Gasteiger partial charge in [0.05, 0.1) is 0 Å². The molecule has 0 spiro atoms. The molecule has 1 unspecified atom stereocenters. The van der Waals surface area contributed by atoms with Crippen LogP contribution >= 0.6 is 0 Å². The molecule has 0 aliphatic heterocycles. The first kappa shape index (κ1) is 14.6. The molecule has 0 rings (SSSR count). The Morgan fingerprint density at radius 1 is 1.31 bits per heavy atom. The quantitative estimate of drug-likeness (QED) is 0.644. The van der Waals surface area contributed by atoms with Gasteiger partial charge in [-0.05, 0) is 31.9 Å². The molecule has 0 aliphatic rings. The summed E-state index contributed by atoms with van der Waals surface area (Å²) >= 11 is 0. The zero-order valence-electron chi connectivity index (χ0n) is 10.5. The van der Waals surface area contributed by atoms with Crippen LogP contribution in [0.5, 0.6) is 0 Å². The van der Waals surface area contributed by atoms with Gasteiger partial charge in [-0.3, -0.25) is 9.59 Å². The summed E-state index contributed by atoms with van der Waals surface area (Å²) in [5.74, 6) is 0.00347. The molecule has 0 saturated carbocycles. The second-order valence-corrected chi connectivity index (χ2v) is 4.01. The second-order valence-electron chi connectivity index (χ2n) is 4.01. The van der Waals surface area contributed by atoms with Gasteiger partial charge in [-0.1, -0.05) is 31.7 Å². The van der Waals surface area contributed by atoms with Gasteiger partial charge in [0.2, 0.25) is 0 Å². The number of allylic oxidation sites excluding steroid dienone is 5. The van der Waals surface area contributed by atoms with Crippen LogP contribution in [-0.4, -0.2) is 11.6 Å². The van der Waals surface area contributed by atoms with E-state index >= 15 is 0 Å². The molecule has 2 heteroatoms. The molecule has 0 aliphatic carbocycles. The van der Waals surface area contributed by atoms with E-state index < -0.39 is 0 Å². The molecule has 0 aromatic heterocycles. The lowest BCUT2D eigenvalue weighted by Crippen LogP contribution is -2.07. The summed E-state index contributed by atoms with van der Waals surface area (Å²) < 4.78 is 0. The Kier molecular flexibility index (Phi) is 6.31. The second kappa shape index (κ2) is 6.94. The van der Waals surface area contributed by atoms with E-state index in [1.54, 1.807) is 13.8 Å². The number of Topliss-reactive ketones (excluding diaryl/α,β-unsaturated/α-hetero) is 2. The number of carbonyl (C=O) groups is 2. The van der Waals surface area contributed by atoms with Crippen molar-refractivity contribution in [1.82, 2.24) is 0 Å². The van der Waals surface area contributed by atoms with Gasteiger partial charge >= 0.3 is 0 Å². The number of ketones is 2. The average Bonchev–Trinajstić information content (AvgIpc) is 2.15. The molecule has 88 valence electrons. The Morgan fingerprint density at radius 3 is 2.25 bits per heavy atom. The van der Waals surface area contributed by atoms with E-state index in [1.807, 2.05) is 32.1 Å². The van der Waals surface area contributed by atoms with Gasteiger partial charge in [0.25, 0.3) is 0 Å². The SMILES string of the molecule is C=C(/C=C(\C=C/C)CC(C)=O)C(C)C(C)=O. The van der Waals surface area contributed by atoms with Crippen LogP contribution in [-0.2, 0) is 9.59 Å². The van der Waals surface area contributed by atoms with E-state index in [2.05, 4.69) is 6.58 Å². The van der Waals surface area contributed by atoms with E-state index in [0.29, 0.717) is 6.42 Å². The zero-order chi connectivity index (χ0) is 12.7. The monoisotopic (exact) mass is 220 g/mol. The third kappa shape index (κ3) is 5.44. The highest BCUT2D eigenvalue weighted by atomic mass is 16.1. The van der Waals surface area contributed by atoms with Crippen LogP contribution in [0.4, 0.5) is 0 Å². The summed E-state index contributed by atoms with van der Waals surface area (Å²) in [6, 6.07) is 0. The van der Waals surface area contributed by atoms with Crippen molar-refractivity contribution in [2.24, 2.45) is 5.92 Å². The Hall–Kier alpha value is -1.44. The summed E-state index contributed by atoms with van der Waals surface area (Å²) in [6.45, 7) is 10.7. The van der Waals surface area contributed by atoms with Crippen molar-refractivity contribution in [2.75, 3.05) is 0 Å². The number of rotatable bonds is 6. The third-order valence-electron chi connectivity index (χ3n) is 2.37. The Balaban J connectivity index is 4.84. The lowest BCUT2D eigenvalue weighted by molar-refractivity contribution is -0.119. The highest BCUT2D eigenvalue weighted by molar-refractivity contribution is 5.82. The fraction of sp³-hybridized carbons (Fsp3) is 0.429. The van der Waals surface area contributed by atoms with E-state index in [0.717, 1.165) is 11.1 Å². The maximum absolute atomic E-state index is 11.2. The zero-order valence-corrected chi connectivity index (χ0v) is 10.5. The van der Waals surface area contributed by atoms with Crippen molar-refractivity contribution in [1.29, 1.82) is 0 Å². The van der Waals surface area contributed by atoms with Gasteiger partial charge in [-0.2, -0.15) is 0 Å². The molecule has 0 N–H and O–H groups in total. The lowest BCUT2D eigenvalue weighted by atomic mass is 9.95. The molecular formula is C14H20O2. The van der Waals surface area contributed by atoms with Crippen molar-refractivity contribution >= 4 is 11.6 Å². The van der Waals surface area contributed by atoms with Crippen LogP contribution in [0.1, 0.15) is 34.1 Å². The normalized spacial score (nSPS) is 13.9. The van der Waals surface area contributed by atoms with E-state index in [1.165, 1.54) is 0 Å². The first-order chi connectivity index (χ1) is 7.38. The maximum atomic E-state index is 11.2. The minimum atomic E-state index is -0.188. The maximum Gasteiger partial charge on any atom is 0.136 e. The van der Waals surface area contributed by atoms with Crippen LogP contribution in [0.15, 0.2) is 36.0 Å². The summed E-state index contributed by atoms with van der Waals surface area (Å²) in [6.07, 6.45) is 5.96. The largest absolute Gasteiger partial charge is 0.300 e. The predicted octanol–water partition coefficient (Wildman–Crippen LogP) is 3.25. The van der Waals surface area contributed by atoms with E-state index in [4.69, 9.17) is 0 Å². The topological polar surface area (TPSA) is 34.1 Å². The van der Waals surface area contributed by atoms with Crippen molar-refractivity contribution < 1.29 is 9.59 Å². The lowest BCUT2D eigenvalue weighted by Gasteiger charge is -2.08. The van der Waals surface area contributed by atoms with Crippen LogP contribution in [0.2, 0.25) is 0 Å². The number of carbonyl (C=O) groups excluding carboxylic acids is 2. The van der Waals surface area contributed by atoms with Crippen molar-refractivity contribution in [2.45, 2.75) is 34.1 Å². The molecule has 1 atom stereocenters. The first-order valence-electron chi connectivity index (χ1n) is 5.40. The van der Waals surface area contributed by atoms with Crippen molar-refractivity contribution in [3.05, 3.63) is 36.0 Å². The van der Waals surface area contributed by atoms with Crippen LogP contribution in [0, 0.1) is 5.92 Å². The number of hydrogen-bond acceptors (Lipinski definition) is 2. The smallest absolute Gasteiger partial charge is 0.136 e. The molecule has 0 radical (unpaired) electrons. The highest BCUT2D eigenvalue weighted by Gasteiger charge is 2.10. The standard InChI is InChI=1S/C14H20O2/c1-6-7-14(9-11(3)15)8-10(2)12(4)13(5)16/h6-8,12H,2,9H2,1,3-5H3/b7-6-,14-8+. The van der Waals surface area contributed by atoms with E-state index in [9.17, 15) is 9.59 Å². The van der Waals surface area contributed by atoms with Gasteiger partial charge in [0.1, 0.15) is 11.6 Å². The summed E-state index contributed by atoms with van der Waals surface area (Å²) in [5, 5.41) is 0. The average molecular weight is 220 g/mol. The highest BCUT2D eigenvalue weighted by Crippen LogP contribution is 2.15. The molecule has 0 bridgehead atoms. The molecule has 16 heavy (non-hydrogen) atoms. The number of hydrogen-bond donors (Lipinski definition) is 0. The van der Waals surface area contributed by atoms with Gasteiger partial charge in [-0.25, -0.2) is 0 Å². The van der Waals surface area contributed by atoms with E-state index in [-0.39, 0.29) is 17.5 Å². The van der Waals surface area contributed by atoms with Crippen LogP contribution in [0.25, 0.3) is 0 Å². The van der Waals surface area contributed by atoms with Gasteiger partial charge in [-0.15, -0.1) is 0 Å². The molecule has 0 amide bonds. The summed E-state index contributed by atoms with van der Waals surface area (Å²) in [4.78, 5) is 22.2. The van der Waals surface area contributed by atoms with Gasteiger partial charge in [0.15, 0.2) is 0 Å². The first-order valence-corrected chi connectivity index (χ1v) is 5.40. The fourth-order valence-electron chi connectivity index (χ4n) is 1.28. The molecular weight excluding hydrogens is 200 g/mol. The predicted molar refractivity (Wildman–Crippen MR) is 67.2 cm³/mol. The minimum absolute atomic E-state index is 0.0869. The Bertz CT molecular complexity index is 346. The molecule has 2 nitrogen and oxygen atoms in total. The molecule has 0 aromatic rings. The van der Waals surface area contributed by atoms with Crippen LogP contribution < -0.4 is 0 Å². The molecule has 0 saturated heterocycles. The van der Waals surface area contributed by atoms with Gasteiger partial charge in [0, 0.05) is 12.3 Å². The Labute approximate surface area is 97.7 Å². The third-order valence-corrected chi connectivity index (χ3v) is 2.37.